The third-order valence-corrected chi connectivity index (χ3v) is 5.36. The molecule has 0 atom stereocenters. The number of carboxylic acid groups (broad SMARTS) is 1. The van der Waals surface area contributed by atoms with E-state index in [-0.39, 0.29) is 5.41 Å². The SMILES string of the molecule is Cc1ccc(SCc2csc(C(C)(C)C)n2)cc1C(=O)O. The van der Waals surface area contributed by atoms with Gasteiger partial charge in [-0.1, -0.05) is 26.8 Å². The summed E-state index contributed by atoms with van der Waals surface area (Å²) in [6.45, 7) is 8.28. The first-order valence-corrected chi connectivity index (χ1v) is 8.55. The van der Waals surface area contributed by atoms with E-state index in [1.165, 1.54) is 0 Å². The summed E-state index contributed by atoms with van der Waals surface area (Å²) in [5.74, 6) is -0.118. The molecule has 1 aromatic heterocycles. The number of aromatic carboxylic acids is 1. The second kappa shape index (κ2) is 6.20. The van der Waals surface area contributed by atoms with E-state index < -0.39 is 5.97 Å². The van der Waals surface area contributed by atoms with Crippen LogP contribution in [0.25, 0.3) is 0 Å². The van der Waals surface area contributed by atoms with E-state index in [2.05, 4.69) is 31.1 Å². The topological polar surface area (TPSA) is 50.2 Å². The van der Waals surface area contributed by atoms with E-state index in [0.29, 0.717) is 5.56 Å². The minimum absolute atomic E-state index is 0.0773. The van der Waals surface area contributed by atoms with E-state index in [1.807, 2.05) is 19.1 Å². The zero-order valence-electron chi connectivity index (χ0n) is 12.6. The highest BCUT2D eigenvalue weighted by atomic mass is 32.2. The van der Waals surface area contributed by atoms with E-state index >= 15 is 0 Å². The van der Waals surface area contributed by atoms with Crippen LogP contribution in [0, 0.1) is 6.92 Å². The zero-order valence-corrected chi connectivity index (χ0v) is 14.3. The molecule has 0 fully saturated rings. The molecule has 2 rings (SSSR count). The van der Waals surface area contributed by atoms with Gasteiger partial charge in [0.2, 0.25) is 0 Å². The van der Waals surface area contributed by atoms with Crippen LogP contribution in [0.15, 0.2) is 28.5 Å². The molecule has 5 heteroatoms. The van der Waals surface area contributed by atoms with E-state index in [0.717, 1.165) is 26.9 Å². The molecule has 0 spiro atoms. The zero-order chi connectivity index (χ0) is 15.6. The van der Waals surface area contributed by atoms with Gasteiger partial charge in [0.15, 0.2) is 0 Å². The van der Waals surface area contributed by atoms with Crippen molar-refractivity contribution in [3.05, 3.63) is 45.4 Å². The number of hydrogen-bond acceptors (Lipinski definition) is 4. The summed E-state index contributed by atoms with van der Waals surface area (Å²) in [4.78, 5) is 16.8. The average Bonchev–Trinajstić information content (AvgIpc) is 2.86. The fraction of sp³-hybridized carbons (Fsp3) is 0.375. The van der Waals surface area contributed by atoms with Gasteiger partial charge in [-0.15, -0.1) is 23.1 Å². The maximum atomic E-state index is 11.1. The van der Waals surface area contributed by atoms with Gasteiger partial charge >= 0.3 is 5.97 Å². The van der Waals surface area contributed by atoms with Crippen molar-refractivity contribution in [2.24, 2.45) is 0 Å². The predicted octanol–water partition coefficient (Wildman–Crippen LogP) is 4.74. The Kier molecular flexibility index (Phi) is 4.74. The summed E-state index contributed by atoms with van der Waals surface area (Å²) in [5.41, 5.74) is 2.28. The molecule has 0 radical (unpaired) electrons. The smallest absolute Gasteiger partial charge is 0.335 e. The van der Waals surface area contributed by atoms with Crippen LogP contribution >= 0.6 is 23.1 Å². The quantitative estimate of drug-likeness (QED) is 0.826. The largest absolute Gasteiger partial charge is 0.478 e. The Balaban J connectivity index is 2.08. The Hall–Kier alpha value is -1.33. The number of rotatable bonds is 4. The van der Waals surface area contributed by atoms with Crippen LogP contribution in [-0.2, 0) is 11.2 Å². The van der Waals surface area contributed by atoms with Crippen molar-refractivity contribution in [2.75, 3.05) is 0 Å². The Labute approximate surface area is 133 Å². The van der Waals surface area contributed by atoms with Crippen LogP contribution in [0.2, 0.25) is 0 Å². The van der Waals surface area contributed by atoms with Gasteiger partial charge in [-0.3, -0.25) is 0 Å². The van der Waals surface area contributed by atoms with Crippen molar-refractivity contribution in [1.29, 1.82) is 0 Å². The molecule has 1 aromatic carbocycles. The second-order valence-corrected chi connectivity index (χ2v) is 7.87. The lowest BCUT2D eigenvalue weighted by Gasteiger charge is -2.13. The van der Waals surface area contributed by atoms with Gasteiger partial charge in [0.25, 0.3) is 0 Å². The number of carboxylic acids is 1. The number of hydrogen-bond donors (Lipinski definition) is 1. The molecule has 0 saturated carbocycles. The molecule has 0 aliphatic carbocycles. The van der Waals surface area contributed by atoms with Crippen LogP contribution in [0.3, 0.4) is 0 Å². The van der Waals surface area contributed by atoms with Crippen molar-refractivity contribution in [3.8, 4) is 0 Å². The minimum Gasteiger partial charge on any atom is -0.478 e. The lowest BCUT2D eigenvalue weighted by Crippen LogP contribution is -2.10. The highest BCUT2D eigenvalue weighted by Gasteiger charge is 2.18. The third-order valence-electron chi connectivity index (χ3n) is 3.02. The van der Waals surface area contributed by atoms with Gasteiger partial charge < -0.3 is 5.11 Å². The summed E-state index contributed by atoms with van der Waals surface area (Å²) in [7, 11) is 0. The van der Waals surface area contributed by atoms with Crippen molar-refractivity contribution < 1.29 is 9.90 Å². The Morgan fingerprint density at radius 3 is 2.67 bits per heavy atom. The maximum absolute atomic E-state index is 11.1. The molecule has 1 N–H and O–H groups in total. The predicted molar refractivity (Wildman–Crippen MR) is 88.5 cm³/mol. The van der Waals surface area contributed by atoms with Crippen molar-refractivity contribution >= 4 is 29.1 Å². The molecule has 0 unspecified atom stereocenters. The molecule has 1 heterocycles. The van der Waals surface area contributed by atoms with Crippen LogP contribution in [0.5, 0.6) is 0 Å². The van der Waals surface area contributed by atoms with Crippen LogP contribution in [-0.4, -0.2) is 16.1 Å². The fourth-order valence-corrected chi connectivity index (χ4v) is 3.64. The number of thioether (sulfide) groups is 1. The van der Waals surface area contributed by atoms with Gasteiger partial charge in [0.05, 0.1) is 16.3 Å². The first kappa shape index (κ1) is 16.0. The second-order valence-electron chi connectivity index (χ2n) is 5.96. The Morgan fingerprint density at radius 2 is 2.10 bits per heavy atom. The standard InChI is InChI=1S/C16H19NO2S2/c1-10-5-6-12(7-13(10)14(18)19)20-8-11-9-21-15(17-11)16(2,3)4/h5-7,9H,8H2,1-4H3,(H,18,19). The van der Waals surface area contributed by atoms with Crippen molar-refractivity contribution in [2.45, 2.75) is 43.8 Å². The fourth-order valence-electron chi connectivity index (χ4n) is 1.80. The number of nitrogens with zero attached hydrogens (tertiary/aromatic N) is 1. The molecule has 0 saturated heterocycles. The summed E-state index contributed by atoms with van der Waals surface area (Å²) < 4.78 is 0. The lowest BCUT2D eigenvalue weighted by atomic mass is 9.98. The average molecular weight is 321 g/mol. The molecule has 0 aliphatic rings. The number of aryl methyl sites for hydroxylation is 1. The summed E-state index contributed by atoms with van der Waals surface area (Å²) in [6, 6.07) is 5.55. The van der Waals surface area contributed by atoms with E-state index in [9.17, 15) is 4.79 Å². The summed E-state index contributed by atoms with van der Waals surface area (Å²) in [5, 5.41) is 12.4. The number of aromatic nitrogens is 1. The van der Waals surface area contributed by atoms with Crippen LogP contribution in [0.1, 0.15) is 47.4 Å². The number of thiazole rings is 1. The van der Waals surface area contributed by atoms with Crippen molar-refractivity contribution in [3.63, 3.8) is 0 Å². The molecular formula is C16H19NO2S2. The van der Waals surface area contributed by atoms with Gasteiger partial charge in [0, 0.05) is 21.4 Å². The molecule has 3 nitrogen and oxygen atoms in total. The number of benzene rings is 1. The van der Waals surface area contributed by atoms with Gasteiger partial charge in [0.1, 0.15) is 0 Å². The molecule has 112 valence electrons. The highest BCUT2D eigenvalue weighted by molar-refractivity contribution is 7.98. The molecule has 2 aromatic rings. The summed E-state index contributed by atoms with van der Waals surface area (Å²) in [6.07, 6.45) is 0. The Bertz CT molecular complexity index is 657. The molecule has 21 heavy (non-hydrogen) atoms. The molecular weight excluding hydrogens is 302 g/mol. The normalized spacial score (nSPS) is 11.6. The molecule has 0 aliphatic heterocycles. The van der Waals surface area contributed by atoms with Crippen LogP contribution < -0.4 is 0 Å². The van der Waals surface area contributed by atoms with Gasteiger partial charge in [-0.05, 0) is 24.6 Å². The first-order valence-electron chi connectivity index (χ1n) is 6.69. The minimum atomic E-state index is -0.876. The summed E-state index contributed by atoms with van der Waals surface area (Å²) >= 11 is 3.30. The maximum Gasteiger partial charge on any atom is 0.335 e. The van der Waals surface area contributed by atoms with Crippen molar-refractivity contribution in [1.82, 2.24) is 4.98 Å². The van der Waals surface area contributed by atoms with Gasteiger partial charge in [-0.2, -0.15) is 0 Å². The monoisotopic (exact) mass is 321 g/mol. The Morgan fingerprint density at radius 1 is 1.38 bits per heavy atom. The van der Waals surface area contributed by atoms with E-state index in [4.69, 9.17) is 5.11 Å². The first-order chi connectivity index (χ1) is 9.77. The van der Waals surface area contributed by atoms with Crippen LogP contribution in [0.4, 0.5) is 0 Å². The number of carbonyl (C=O) groups is 1. The van der Waals surface area contributed by atoms with E-state index in [1.54, 1.807) is 29.2 Å². The molecule has 0 amide bonds. The van der Waals surface area contributed by atoms with Gasteiger partial charge in [-0.25, -0.2) is 9.78 Å². The third kappa shape index (κ3) is 4.08. The lowest BCUT2D eigenvalue weighted by molar-refractivity contribution is 0.0696. The highest BCUT2D eigenvalue weighted by Crippen LogP contribution is 2.29. The molecule has 0 bridgehead atoms.